The molecule has 0 aliphatic heterocycles. The Labute approximate surface area is 183 Å². The Kier molecular flexibility index (Phi) is 5.99. The quantitative estimate of drug-likeness (QED) is 0.545. The number of carbonyl (C=O) groups excluding carboxylic acids is 1. The molecule has 1 aliphatic rings. The molecule has 2 heterocycles. The summed E-state index contributed by atoms with van der Waals surface area (Å²) in [6.45, 7) is 0.500. The van der Waals surface area contributed by atoms with Crippen molar-refractivity contribution in [2.75, 3.05) is 27.9 Å². The molecule has 3 aromatic rings. The number of ether oxygens (including phenoxy) is 3. The van der Waals surface area contributed by atoms with Crippen LogP contribution in [-0.2, 0) is 6.54 Å². The van der Waals surface area contributed by atoms with E-state index in [-0.39, 0.29) is 36.5 Å². The van der Waals surface area contributed by atoms with Gasteiger partial charge in [-0.05, 0) is 36.4 Å². The lowest BCUT2D eigenvalue weighted by Crippen LogP contribution is -2.32. The molecule has 1 aliphatic carbocycles. The Balaban J connectivity index is 1.50. The van der Waals surface area contributed by atoms with Crippen LogP contribution in [0.3, 0.4) is 0 Å². The Bertz CT molecular complexity index is 1130. The summed E-state index contributed by atoms with van der Waals surface area (Å²) in [5, 5.41) is 9.32. The summed E-state index contributed by atoms with van der Waals surface area (Å²) in [6, 6.07) is 7.37. The summed E-state index contributed by atoms with van der Waals surface area (Å²) < 4.78 is 19.1. The molecule has 164 valence electrons. The van der Waals surface area contributed by atoms with Crippen LogP contribution < -0.4 is 25.2 Å². The fourth-order valence-electron chi connectivity index (χ4n) is 3.45. The number of thiophene rings is 1. The van der Waals surface area contributed by atoms with Gasteiger partial charge in [-0.3, -0.25) is 9.36 Å². The maximum atomic E-state index is 12.9. The fraction of sp³-hybridized carbons (Fsp3) is 0.381. The third-order valence-corrected chi connectivity index (χ3v) is 5.95. The van der Waals surface area contributed by atoms with E-state index in [1.165, 1.54) is 26.0 Å². The monoisotopic (exact) mass is 444 g/mol. The molecule has 1 fully saturated rings. The fourth-order valence-corrected chi connectivity index (χ4v) is 4.16. The molecule has 4 rings (SSSR count). The lowest BCUT2D eigenvalue weighted by Gasteiger charge is -2.15. The normalized spacial score (nSPS) is 13.1. The van der Waals surface area contributed by atoms with Crippen molar-refractivity contribution in [1.29, 1.82) is 0 Å². The first kappa shape index (κ1) is 21.0. The number of hydrogen-bond acceptors (Lipinski definition) is 7. The van der Waals surface area contributed by atoms with E-state index in [2.05, 4.69) is 10.4 Å². The largest absolute Gasteiger partial charge is 0.493 e. The third-order valence-electron chi connectivity index (χ3n) is 5.08. The van der Waals surface area contributed by atoms with Gasteiger partial charge in [-0.1, -0.05) is 6.07 Å². The van der Waals surface area contributed by atoms with Crippen LogP contribution in [0.4, 0.5) is 0 Å². The second-order valence-corrected chi connectivity index (χ2v) is 7.99. The number of nitrogens with zero attached hydrogens (tertiary/aromatic N) is 3. The number of hydrogen-bond donors (Lipinski definition) is 1. The highest BCUT2D eigenvalue weighted by molar-refractivity contribution is 7.13. The summed E-state index contributed by atoms with van der Waals surface area (Å²) in [5.41, 5.74) is 0.166. The summed E-state index contributed by atoms with van der Waals surface area (Å²) in [4.78, 5) is 26.6. The minimum atomic E-state index is -0.342. The Hall–Kier alpha value is -3.27. The van der Waals surface area contributed by atoms with E-state index in [4.69, 9.17) is 14.2 Å². The Morgan fingerprint density at radius 2 is 1.94 bits per heavy atom. The van der Waals surface area contributed by atoms with Gasteiger partial charge in [-0.25, -0.2) is 9.48 Å². The van der Waals surface area contributed by atoms with Crippen molar-refractivity contribution < 1.29 is 19.0 Å². The molecule has 0 saturated heterocycles. The predicted molar refractivity (Wildman–Crippen MR) is 117 cm³/mol. The van der Waals surface area contributed by atoms with Gasteiger partial charge in [-0.15, -0.1) is 16.4 Å². The van der Waals surface area contributed by atoms with E-state index >= 15 is 0 Å². The van der Waals surface area contributed by atoms with Crippen LogP contribution in [0.25, 0.3) is 10.7 Å². The minimum Gasteiger partial charge on any atom is -0.493 e. The zero-order valence-electron chi connectivity index (χ0n) is 17.6. The number of carbonyl (C=O) groups is 1. The van der Waals surface area contributed by atoms with E-state index in [0.29, 0.717) is 22.9 Å². The smallest absolute Gasteiger partial charge is 0.346 e. The molecular weight excluding hydrogens is 420 g/mol. The SMILES string of the molecule is COc1ccc(C(=O)NCCn2nc(-c3cccs3)n(C3CC3)c2=O)c(OC)c1OC. The molecule has 10 heteroatoms. The van der Waals surface area contributed by atoms with E-state index in [1.54, 1.807) is 28.0 Å². The summed E-state index contributed by atoms with van der Waals surface area (Å²) >= 11 is 1.55. The van der Waals surface area contributed by atoms with Gasteiger partial charge in [0.2, 0.25) is 5.75 Å². The van der Waals surface area contributed by atoms with Crippen molar-refractivity contribution in [1.82, 2.24) is 19.7 Å². The van der Waals surface area contributed by atoms with Gasteiger partial charge in [0, 0.05) is 12.6 Å². The van der Waals surface area contributed by atoms with Crippen molar-refractivity contribution in [3.8, 4) is 28.0 Å². The molecule has 31 heavy (non-hydrogen) atoms. The second kappa shape index (κ2) is 8.84. The summed E-state index contributed by atoms with van der Waals surface area (Å²) in [5.74, 6) is 1.45. The van der Waals surface area contributed by atoms with Crippen LogP contribution in [-0.4, -0.2) is 48.1 Å². The first-order valence-corrected chi connectivity index (χ1v) is 10.8. The van der Waals surface area contributed by atoms with Crippen molar-refractivity contribution in [2.24, 2.45) is 0 Å². The average Bonchev–Trinajstić information content (AvgIpc) is 3.36. The van der Waals surface area contributed by atoms with E-state index in [0.717, 1.165) is 17.7 Å². The molecule has 0 atom stereocenters. The molecule has 1 saturated carbocycles. The van der Waals surface area contributed by atoms with Gasteiger partial charge in [0.1, 0.15) is 0 Å². The molecule has 2 aromatic heterocycles. The first-order chi connectivity index (χ1) is 15.1. The summed E-state index contributed by atoms with van der Waals surface area (Å²) in [6.07, 6.45) is 1.97. The molecule has 1 N–H and O–H groups in total. The maximum Gasteiger partial charge on any atom is 0.346 e. The van der Waals surface area contributed by atoms with E-state index < -0.39 is 0 Å². The molecule has 0 spiro atoms. The molecule has 1 amide bonds. The third kappa shape index (κ3) is 4.02. The van der Waals surface area contributed by atoms with Crippen LogP contribution in [0.15, 0.2) is 34.4 Å². The van der Waals surface area contributed by atoms with Gasteiger partial charge >= 0.3 is 5.69 Å². The molecule has 0 radical (unpaired) electrons. The number of methoxy groups -OCH3 is 3. The van der Waals surface area contributed by atoms with Gasteiger partial charge in [0.15, 0.2) is 17.3 Å². The van der Waals surface area contributed by atoms with Gasteiger partial charge in [0.05, 0.1) is 38.3 Å². The van der Waals surface area contributed by atoms with Crippen LogP contribution in [0.5, 0.6) is 17.2 Å². The standard InChI is InChI=1S/C21H24N4O5S/c1-28-15-9-8-14(17(29-2)18(15)30-3)20(26)22-10-11-24-21(27)25(13-6-7-13)19(23-24)16-5-4-12-31-16/h4-5,8-9,12-13H,6-7,10-11H2,1-3H3,(H,22,26). The molecule has 1 aromatic carbocycles. The number of nitrogens with one attached hydrogen (secondary N) is 1. The number of aromatic nitrogens is 3. The van der Waals surface area contributed by atoms with Gasteiger partial charge in [0.25, 0.3) is 5.91 Å². The van der Waals surface area contributed by atoms with Crippen LogP contribution in [0.2, 0.25) is 0 Å². The van der Waals surface area contributed by atoms with Crippen LogP contribution in [0, 0.1) is 0 Å². The predicted octanol–water partition coefficient (Wildman–Crippen LogP) is 2.56. The highest BCUT2D eigenvalue weighted by Crippen LogP contribution is 2.40. The van der Waals surface area contributed by atoms with Crippen molar-refractivity contribution in [3.05, 3.63) is 45.7 Å². The molecule has 0 unspecified atom stereocenters. The van der Waals surface area contributed by atoms with Gasteiger partial charge < -0.3 is 19.5 Å². The average molecular weight is 445 g/mol. The second-order valence-electron chi connectivity index (χ2n) is 7.05. The van der Waals surface area contributed by atoms with Crippen molar-refractivity contribution in [3.63, 3.8) is 0 Å². The molecule has 9 nitrogen and oxygen atoms in total. The maximum absolute atomic E-state index is 12.9. The number of rotatable bonds is 9. The molecular formula is C21H24N4O5S. The summed E-state index contributed by atoms with van der Waals surface area (Å²) in [7, 11) is 4.46. The zero-order chi connectivity index (χ0) is 22.0. The topological polar surface area (TPSA) is 96.6 Å². The number of benzene rings is 1. The molecule has 0 bridgehead atoms. The highest BCUT2D eigenvalue weighted by atomic mass is 32.1. The highest BCUT2D eigenvalue weighted by Gasteiger charge is 2.30. The van der Waals surface area contributed by atoms with E-state index in [9.17, 15) is 9.59 Å². The van der Waals surface area contributed by atoms with Crippen molar-refractivity contribution >= 4 is 17.2 Å². The lowest BCUT2D eigenvalue weighted by atomic mass is 10.1. The Morgan fingerprint density at radius 3 is 2.55 bits per heavy atom. The van der Waals surface area contributed by atoms with Crippen molar-refractivity contribution in [2.45, 2.75) is 25.4 Å². The lowest BCUT2D eigenvalue weighted by molar-refractivity contribution is 0.0948. The van der Waals surface area contributed by atoms with E-state index in [1.807, 2.05) is 17.5 Å². The minimum absolute atomic E-state index is 0.149. The van der Waals surface area contributed by atoms with Crippen LogP contribution in [0.1, 0.15) is 29.2 Å². The zero-order valence-corrected chi connectivity index (χ0v) is 18.4. The first-order valence-electron chi connectivity index (χ1n) is 9.89. The Morgan fingerprint density at radius 1 is 1.16 bits per heavy atom. The van der Waals surface area contributed by atoms with Crippen LogP contribution >= 0.6 is 11.3 Å². The van der Waals surface area contributed by atoms with Gasteiger partial charge in [-0.2, -0.15) is 0 Å². The number of amides is 1.